The Labute approximate surface area is 91.1 Å². The number of aromatic nitrogens is 2. The van der Waals surface area contributed by atoms with Crippen LogP contribution in [0.4, 0.5) is 0 Å². The molecule has 4 nitrogen and oxygen atoms in total. The van der Waals surface area contributed by atoms with Crippen LogP contribution < -0.4 is 5.32 Å². The quantitative estimate of drug-likeness (QED) is 0.663. The zero-order valence-electron chi connectivity index (χ0n) is 9.80. The van der Waals surface area contributed by atoms with Crippen molar-refractivity contribution >= 4 is 0 Å². The fourth-order valence-corrected chi connectivity index (χ4v) is 1.35. The highest BCUT2D eigenvalue weighted by atomic mass is 16.3. The van der Waals surface area contributed by atoms with E-state index in [-0.39, 0.29) is 12.0 Å². The molecule has 15 heavy (non-hydrogen) atoms. The van der Waals surface area contributed by atoms with Crippen LogP contribution in [0.5, 0.6) is 0 Å². The third kappa shape index (κ3) is 3.32. The summed E-state index contributed by atoms with van der Waals surface area (Å²) in [7, 11) is 0. The first-order valence-electron chi connectivity index (χ1n) is 5.42. The van der Waals surface area contributed by atoms with Gasteiger partial charge >= 0.3 is 0 Å². The van der Waals surface area contributed by atoms with Crippen LogP contribution in [0.25, 0.3) is 0 Å². The molecule has 0 aromatic carbocycles. The lowest BCUT2D eigenvalue weighted by Gasteiger charge is -2.25. The summed E-state index contributed by atoms with van der Waals surface area (Å²) < 4.78 is 0. The van der Waals surface area contributed by atoms with Crippen LogP contribution in [0.2, 0.25) is 0 Å². The molecular weight excluding hydrogens is 190 g/mol. The van der Waals surface area contributed by atoms with Crippen LogP contribution in [-0.4, -0.2) is 28.5 Å². The summed E-state index contributed by atoms with van der Waals surface area (Å²) in [6, 6.07) is 0. The number of rotatable bonds is 6. The average molecular weight is 211 g/mol. The maximum atomic E-state index is 9.24. The van der Waals surface area contributed by atoms with E-state index in [9.17, 15) is 5.11 Å². The average Bonchev–Trinajstić information content (AvgIpc) is 2.64. The van der Waals surface area contributed by atoms with E-state index in [0.29, 0.717) is 0 Å². The first kappa shape index (κ1) is 12.2. The molecule has 0 saturated carbocycles. The van der Waals surface area contributed by atoms with Gasteiger partial charge in [-0.2, -0.15) is 5.10 Å². The lowest BCUT2D eigenvalue weighted by molar-refractivity contribution is 0.135. The van der Waals surface area contributed by atoms with Gasteiger partial charge in [-0.3, -0.25) is 5.10 Å². The van der Waals surface area contributed by atoms with E-state index in [1.807, 2.05) is 13.1 Å². The molecule has 1 rings (SSSR count). The van der Waals surface area contributed by atoms with Crippen molar-refractivity contribution in [2.45, 2.75) is 33.7 Å². The van der Waals surface area contributed by atoms with Crippen LogP contribution in [0.1, 0.15) is 31.5 Å². The molecule has 86 valence electrons. The minimum Gasteiger partial charge on any atom is -0.396 e. The van der Waals surface area contributed by atoms with Crippen molar-refractivity contribution in [2.75, 3.05) is 13.2 Å². The molecule has 0 saturated heterocycles. The second-order valence-corrected chi connectivity index (χ2v) is 4.45. The molecule has 1 unspecified atom stereocenters. The third-order valence-electron chi connectivity index (χ3n) is 3.04. The number of hydrogen-bond donors (Lipinski definition) is 3. The summed E-state index contributed by atoms with van der Waals surface area (Å²) in [6.45, 7) is 8.04. The van der Waals surface area contributed by atoms with Gasteiger partial charge in [0.15, 0.2) is 0 Å². The minimum absolute atomic E-state index is 0.0162. The Morgan fingerprint density at radius 1 is 1.60 bits per heavy atom. The lowest BCUT2D eigenvalue weighted by atomic mass is 9.88. The zero-order valence-corrected chi connectivity index (χ0v) is 9.80. The van der Waals surface area contributed by atoms with E-state index >= 15 is 0 Å². The van der Waals surface area contributed by atoms with Gasteiger partial charge in [0, 0.05) is 36.4 Å². The summed E-state index contributed by atoms with van der Waals surface area (Å²) in [6.07, 6.45) is 2.81. The molecule has 0 amide bonds. The number of nitrogens with one attached hydrogen (secondary N) is 2. The molecule has 1 aromatic rings. The number of aryl methyl sites for hydroxylation is 1. The number of aromatic amines is 1. The maximum absolute atomic E-state index is 9.24. The number of aliphatic hydroxyl groups is 1. The highest BCUT2D eigenvalue weighted by Gasteiger charge is 2.20. The molecule has 0 fully saturated rings. The van der Waals surface area contributed by atoms with E-state index in [2.05, 4.69) is 29.4 Å². The Bertz CT molecular complexity index is 292. The Hall–Kier alpha value is -0.870. The van der Waals surface area contributed by atoms with Crippen molar-refractivity contribution in [3.05, 3.63) is 17.5 Å². The van der Waals surface area contributed by atoms with Gasteiger partial charge in [-0.25, -0.2) is 0 Å². The Balaban J connectivity index is 2.36. The Kier molecular flexibility index (Phi) is 4.29. The van der Waals surface area contributed by atoms with Gasteiger partial charge in [-0.1, -0.05) is 13.8 Å². The molecular formula is C11H21N3O. The topological polar surface area (TPSA) is 60.9 Å². The molecule has 1 atom stereocenters. The van der Waals surface area contributed by atoms with Crippen molar-refractivity contribution in [1.29, 1.82) is 0 Å². The monoisotopic (exact) mass is 211 g/mol. The largest absolute Gasteiger partial charge is 0.396 e. The van der Waals surface area contributed by atoms with Crippen LogP contribution in [0, 0.1) is 12.3 Å². The van der Waals surface area contributed by atoms with Crippen LogP contribution in [-0.2, 0) is 6.54 Å². The minimum atomic E-state index is -0.0162. The molecule has 0 bridgehead atoms. The highest BCUT2D eigenvalue weighted by Crippen LogP contribution is 2.18. The number of nitrogens with zero attached hydrogens (tertiary/aromatic N) is 1. The van der Waals surface area contributed by atoms with Crippen molar-refractivity contribution in [2.24, 2.45) is 5.41 Å². The molecule has 0 aliphatic heterocycles. The molecule has 0 radical (unpaired) electrons. The molecule has 1 heterocycles. The van der Waals surface area contributed by atoms with Crippen LogP contribution in [0.15, 0.2) is 6.20 Å². The molecule has 4 heteroatoms. The predicted molar refractivity (Wildman–Crippen MR) is 60.5 cm³/mol. The lowest BCUT2D eigenvalue weighted by Crippen LogP contribution is -2.34. The molecule has 0 aliphatic rings. The van der Waals surface area contributed by atoms with E-state index in [0.717, 1.165) is 25.2 Å². The SMILES string of the molecule is CCC(C)(CO)CNCc1cn[nH]c1C. The maximum Gasteiger partial charge on any atom is 0.0535 e. The van der Waals surface area contributed by atoms with Crippen molar-refractivity contribution in [3.8, 4) is 0 Å². The first-order valence-corrected chi connectivity index (χ1v) is 5.42. The van der Waals surface area contributed by atoms with Gasteiger partial charge < -0.3 is 10.4 Å². The predicted octanol–water partition coefficient (Wildman–Crippen LogP) is 1.22. The van der Waals surface area contributed by atoms with Gasteiger partial charge in [0.05, 0.1) is 6.20 Å². The van der Waals surface area contributed by atoms with Gasteiger partial charge in [-0.05, 0) is 13.3 Å². The third-order valence-corrected chi connectivity index (χ3v) is 3.04. The number of aliphatic hydroxyl groups excluding tert-OH is 1. The van der Waals surface area contributed by atoms with E-state index in [1.54, 1.807) is 0 Å². The highest BCUT2D eigenvalue weighted by molar-refractivity contribution is 5.13. The molecule has 3 N–H and O–H groups in total. The Morgan fingerprint density at radius 3 is 2.80 bits per heavy atom. The standard InChI is InChI=1S/C11H21N3O/c1-4-11(3,8-15)7-12-5-10-6-13-14-9(10)2/h6,12,15H,4-5,7-8H2,1-3H3,(H,13,14). The van der Waals surface area contributed by atoms with Crippen LogP contribution >= 0.6 is 0 Å². The van der Waals surface area contributed by atoms with E-state index < -0.39 is 0 Å². The Morgan fingerprint density at radius 2 is 2.33 bits per heavy atom. The van der Waals surface area contributed by atoms with Gasteiger partial charge in [0.1, 0.15) is 0 Å². The molecule has 0 aliphatic carbocycles. The van der Waals surface area contributed by atoms with E-state index in [1.165, 1.54) is 5.56 Å². The summed E-state index contributed by atoms with van der Waals surface area (Å²) in [5.41, 5.74) is 2.27. The first-order chi connectivity index (χ1) is 7.11. The number of H-pyrrole nitrogens is 1. The van der Waals surface area contributed by atoms with Crippen molar-refractivity contribution in [3.63, 3.8) is 0 Å². The normalized spacial score (nSPS) is 15.2. The van der Waals surface area contributed by atoms with Crippen molar-refractivity contribution in [1.82, 2.24) is 15.5 Å². The summed E-state index contributed by atoms with van der Waals surface area (Å²) in [4.78, 5) is 0. The molecule has 1 aromatic heterocycles. The fraction of sp³-hybridized carbons (Fsp3) is 0.727. The summed E-state index contributed by atoms with van der Waals surface area (Å²) in [5.74, 6) is 0. The summed E-state index contributed by atoms with van der Waals surface area (Å²) in [5, 5.41) is 19.5. The van der Waals surface area contributed by atoms with Gasteiger partial charge in [0.25, 0.3) is 0 Å². The smallest absolute Gasteiger partial charge is 0.0535 e. The second-order valence-electron chi connectivity index (χ2n) is 4.45. The van der Waals surface area contributed by atoms with Crippen LogP contribution in [0.3, 0.4) is 0 Å². The van der Waals surface area contributed by atoms with Crippen molar-refractivity contribution < 1.29 is 5.11 Å². The fourth-order valence-electron chi connectivity index (χ4n) is 1.35. The number of hydrogen-bond acceptors (Lipinski definition) is 3. The summed E-state index contributed by atoms with van der Waals surface area (Å²) >= 11 is 0. The zero-order chi connectivity index (χ0) is 11.3. The van der Waals surface area contributed by atoms with Gasteiger partial charge in [0.2, 0.25) is 0 Å². The molecule has 0 spiro atoms. The van der Waals surface area contributed by atoms with E-state index in [4.69, 9.17) is 0 Å². The van der Waals surface area contributed by atoms with Gasteiger partial charge in [-0.15, -0.1) is 0 Å². The second kappa shape index (κ2) is 5.28.